The van der Waals surface area contributed by atoms with Crippen LogP contribution in [0.1, 0.15) is 68.1 Å². The number of ketones is 1. The maximum Gasteiger partial charge on any atom is 0.458 e. The highest BCUT2D eigenvalue weighted by molar-refractivity contribution is 6.45. The minimum absolute atomic E-state index is 0.127. The molecule has 5 nitrogen and oxygen atoms in total. The van der Waals surface area contributed by atoms with Crippen molar-refractivity contribution >= 4 is 12.9 Å². The zero-order chi connectivity index (χ0) is 20.3. The molecule has 0 spiro atoms. The van der Waals surface area contributed by atoms with Gasteiger partial charge in [0.05, 0.1) is 23.4 Å². The van der Waals surface area contributed by atoms with Crippen molar-refractivity contribution < 1.29 is 23.6 Å². The molecule has 0 radical (unpaired) electrons. The van der Waals surface area contributed by atoms with E-state index in [0.717, 1.165) is 56.9 Å². The molecule has 4 rings (SSSR count). The highest BCUT2D eigenvalue weighted by Gasteiger charge is 2.59. The molecule has 3 aliphatic rings. The summed E-state index contributed by atoms with van der Waals surface area (Å²) in [4.78, 5) is 12.6. The third-order valence-electron chi connectivity index (χ3n) is 7.32. The van der Waals surface area contributed by atoms with Crippen LogP contribution in [0, 0.1) is 0 Å². The number of hydrogen-bond acceptors (Lipinski definition) is 5. The summed E-state index contributed by atoms with van der Waals surface area (Å²) in [5.74, 6) is 0.127. The van der Waals surface area contributed by atoms with Crippen LogP contribution in [0.15, 0.2) is 30.3 Å². The minimum atomic E-state index is -0.391. The van der Waals surface area contributed by atoms with Crippen molar-refractivity contribution in [2.24, 2.45) is 0 Å². The average molecular weight is 400 g/mol. The first kappa shape index (κ1) is 21.0. The van der Waals surface area contributed by atoms with Crippen molar-refractivity contribution in [3.05, 3.63) is 35.9 Å². The van der Waals surface area contributed by atoms with Gasteiger partial charge in [0.1, 0.15) is 0 Å². The summed E-state index contributed by atoms with van der Waals surface area (Å²) in [6.07, 6.45) is 9.23. The summed E-state index contributed by atoms with van der Waals surface area (Å²) in [5.41, 5.74) is 0.125. The second-order valence-corrected chi connectivity index (χ2v) is 8.82. The smallest absolute Gasteiger partial charge is 0.403 e. The molecule has 3 fully saturated rings. The fraction of sp³-hybridized carbons (Fsp3) is 0.696. The number of Topliss-reactive ketones (excluding diaryl/α,β-unsaturated/α-hetero) is 1. The van der Waals surface area contributed by atoms with Gasteiger partial charge in [-0.2, -0.15) is 0 Å². The molecule has 1 heterocycles. The molecule has 1 aromatic rings. The van der Waals surface area contributed by atoms with Gasteiger partial charge in [0.25, 0.3) is 0 Å². The molecule has 0 amide bonds. The maximum atomic E-state index is 12.6. The highest BCUT2D eigenvalue weighted by Crippen LogP contribution is 2.48. The Labute approximate surface area is 174 Å². The standard InChI is InChI=1S/C23H33BO5/c1-26-22(13-6-7-14-22)20-21(23(27-2)15-8-9-16-23)29-24(28-20)17-12-19(25)18-10-4-3-5-11-18/h3-5,10-11,20-21H,6-9,12-17H2,1-2H3/t20-,21-/m0/s1. The van der Waals surface area contributed by atoms with Crippen molar-refractivity contribution in [3.8, 4) is 0 Å². The minimum Gasteiger partial charge on any atom is -0.403 e. The lowest BCUT2D eigenvalue weighted by Crippen LogP contribution is -2.56. The molecule has 2 saturated carbocycles. The quantitative estimate of drug-likeness (QED) is 0.477. The van der Waals surface area contributed by atoms with Gasteiger partial charge in [-0.25, -0.2) is 0 Å². The predicted molar refractivity (Wildman–Crippen MR) is 112 cm³/mol. The number of carbonyl (C=O) groups excluding carboxylic acids is 1. The summed E-state index contributed by atoms with van der Waals surface area (Å²) < 4.78 is 25.2. The zero-order valence-electron chi connectivity index (χ0n) is 17.7. The first-order chi connectivity index (χ1) is 14.1. The van der Waals surface area contributed by atoms with Gasteiger partial charge in [0.2, 0.25) is 0 Å². The Hall–Kier alpha value is -1.21. The normalized spacial score (nSPS) is 28.1. The third kappa shape index (κ3) is 4.05. The Morgan fingerprint density at radius 3 is 1.86 bits per heavy atom. The largest absolute Gasteiger partial charge is 0.458 e. The van der Waals surface area contributed by atoms with Crippen molar-refractivity contribution in [1.29, 1.82) is 0 Å². The number of carbonyl (C=O) groups is 1. The Morgan fingerprint density at radius 1 is 0.931 bits per heavy atom. The summed E-state index contributed by atoms with van der Waals surface area (Å²) in [6, 6.07) is 9.44. The van der Waals surface area contributed by atoms with E-state index in [1.165, 1.54) is 0 Å². The van der Waals surface area contributed by atoms with E-state index in [9.17, 15) is 4.79 Å². The van der Waals surface area contributed by atoms with Crippen molar-refractivity contribution in [2.45, 2.75) is 87.5 Å². The Balaban J connectivity index is 1.50. The molecule has 2 atom stereocenters. The molecule has 1 aliphatic heterocycles. The number of methoxy groups -OCH3 is 2. The second kappa shape index (κ2) is 8.89. The molecule has 0 unspecified atom stereocenters. The molecule has 1 aromatic carbocycles. The van der Waals surface area contributed by atoms with Crippen LogP contribution in [0.2, 0.25) is 6.32 Å². The Kier molecular flexibility index (Phi) is 6.45. The molecular formula is C23H33BO5. The monoisotopic (exact) mass is 400 g/mol. The van der Waals surface area contributed by atoms with E-state index in [1.54, 1.807) is 14.2 Å². The van der Waals surface area contributed by atoms with Crippen LogP contribution in [-0.4, -0.2) is 50.5 Å². The van der Waals surface area contributed by atoms with E-state index in [4.69, 9.17) is 18.8 Å². The van der Waals surface area contributed by atoms with Gasteiger partial charge in [-0.1, -0.05) is 56.0 Å². The lowest BCUT2D eigenvalue weighted by molar-refractivity contribution is -0.153. The van der Waals surface area contributed by atoms with E-state index < -0.39 is 7.12 Å². The van der Waals surface area contributed by atoms with Crippen molar-refractivity contribution in [2.75, 3.05) is 14.2 Å². The van der Waals surface area contributed by atoms with Gasteiger partial charge in [-0.15, -0.1) is 0 Å². The predicted octanol–water partition coefficient (Wildman–Crippen LogP) is 4.45. The van der Waals surface area contributed by atoms with Crippen LogP contribution in [0.5, 0.6) is 0 Å². The molecule has 2 aliphatic carbocycles. The van der Waals surface area contributed by atoms with E-state index in [2.05, 4.69) is 0 Å². The van der Waals surface area contributed by atoms with Gasteiger partial charge in [-0.05, 0) is 32.0 Å². The summed E-state index contributed by atoms with van der Waals surface area (Å²) in [5, 5.41) is 0. The third-order valence-corrected chi connectivity index (χ3v) is 7.32. The molecule has 0 N–H and O–H groups in total. The lowest BCUT2D eigenvalue weighted by Gasteiger charge is -2.43. The van der Waals surface area contributed by atoms with Gasteiger partial charge >= 0.3 is 7.12 Å². The molecular weight excluding hydrogens is 367 g/mol. The van der Waals surface area contributed by atoms with Crippen molar-refractivity contribution in [3.63, 3.8) is 0 Å². The topological polar surface area (TPSA) is 54.0 Å². The number of benzene rings is 1. The van der Waals surface area contributed by atoms with Crippen LogP contribution in [-0.2, 0) is 18.8 Å². The highest BCUT2D eigenvalue weighted by atomic mass is 16.7. The Morgan fingerprint density at radius 2 is 1.41 bits per heavy atom. The zero-order valence-corrected chi connectivity index (χ0v) is 17.7. The number of hydrogen-bond donors (Lipinski definition) is 0. The first-order valence-corrected chi connectivity index (χ1v) is 11.1. The fourth-order valence-electron chi connectivity index (χ4n) is 5.61. The maximum absolute atomic E-state index is 12.6. The van der Waals surface area contributed by atoms with E-state index >= 15 is 0 Å². The van der Waals surface area contributed by atoms with Crippen LogP contribution < -0.4 is 0 Å². The number of rotatable bonds is 8. The van der Waals surface area contributed by atoms with Crippen LogP contribution in [0.25, 0.3) is 0 Å². The van der Waals surface area contributed by atoms with Crippen LogP contribution in [0.4, 0.5) is 0 Å². The molecule has 1 saturated heterocycles. The molecule has 0 aromatic heterocycles. The van der Waals surface area contributed by atoms with Gasteiger partial charge < -0.3 is 18.8 Å². The van der Waals surface area contributed by atoms with E-state index in [1.807, 2.05) is 30.3 Å². The molecule has 158 valence electrons. The number of ether oxygens (including phenoxy) is 2. The SMILES string of the molecule is COC1([C@H]2OB(CCC(=O)c3ccccc3)O[C@@H]2C2(OC)CCCC2)CCCC1. The Bertz CT molecular complexity index is 650. The van der Waals surface area contributed by atoms with Crippen LogP contribution in [0.3, 0.4) is 0 Å². The van der Waals surface area contributed by atoms with Crippen molar-refractivity contribution in [1.82, 2.24) is 0 Å². The van der Waals surface area contributed by atoms with E-state index in [-0.39, 0.29) is 29.2 Å². The van der Waals surface area contributed by atoms with Gasteiger partial charge in [0.15, 0.2) is 5.78 Å². The van der Waals surface area contributed by atoms with E-state index in [0.29, 0.717) is 12.7 Å². The van der Waals surface area contributed by atoms with Gasteiger partial charge in [-0.3, -0.25) is 4.79 Å². The van der Waals surface area contributed by atoms with Gasteiger partial charge in [0, 0.05) is 26.2 Å². The summed E-state index contributed by atoms with van der Waals surface area (Å²) in [6.45, 7) is 0. The molecule has 0 bridgehead atoms. The fourth-order valence-corrected chi connectivity index (χ4v) is 5.61. The van der Waals surface area contributed by atoms with Crippen LogP contribution >= 0.6 is 0 Å². The summed E-state index contributed by atoms with van der Waals surface area (Å²) in [7, 11) is 3.20. The lowest BCUT2D eigenvalue weighted by atomic mass is 9.81. The second-order valence-electron chi connectivity index (χ2n) is 8.82. The first-order valence-electron chi connectivity index (χ1n) is 11.1. The average Bonchev–Trinajstić information content (AvgIpc) is 3.52. The molecule has 6 heteroatoms. The summed E-state index contributed by atoms with van der Waals surface area (Å²) >= 11 is 0. The molecule has 29 heavy (non-hydrogen) atoms.